The number of oxazole rings is 1. The molecule has 0 radical (unpaired) electrons. The zero-order valence-electron chi connectivity index (χ0n) is 15.4. The molecule has 0 spiro atoms. The molecule has 1 aromatic heterocycles. The van der Waals surface area contributed by atoms with Crippen LogP contribution >= 0.6 is 0 Å². The van der Waals surface area contributed by atoms with Gasteiger partial charge in [-0.15, -0.1) is 0 Å². The lowest BCUT2D eigenvalue weighted by Gasteiger charge is -2.37. The highest BCUT2D eigenvalue weighted by Crippen LogP contribution is 2.28. The van der Waals surface area contributed by atoms with E-state index in [0.29, 0.717) is 30.8 Å². The molecule has 1 atom stereocenters. The van der Waals surface area contributed by atoms with Crippen LogP contribution in [0.3, 0.4) is 0 Å². The summed E-state index contributed by atoms with van der Waals surface area (Å²) in [7, 11) is 0. The smallest absolute Gasteiger partial charge is 0.226 e. The maximum absolute atomic E-state index is 12.7. The van der Waals surface area contributed by atoms with E-state index in [-0.39, 0.29) is 6.04 Å². The minimum Gasteiger partial charge on any atom is -0.441 e. The SMILES string of the molecule is Cc1oc(-c2ccccc2)nc1CN(CC(=O)[C@@H]1CCCN1)C1CCC1. The van der Waals surface area contributed by atoms with Crippen LogP contribution in [0.5, 0.6) is 0 Å². The minimum absolute atomic E-state index is 0.0378. The van der Waals surface area contributed by atoms with Gasteiger partial charge < -0.3 is 9.73 Å². The topological polar surface area (TPSA) is 58.4 Å². The highest BCUT2D eigenvalue weighted by Gasteiger charge is 2.31. The molecule has 1 aliphatic heterocycles. The molecule has 2 heterocycles. The first-order valence-corrected chi connectivity index (χ1v) is 9.72. The van der Waals surface area contributed by atoms with Crippen molar-refractivity contribution in [1.82, 2.24) is 15.2 Å². The van der Waals surface area contributed by atoms with E-state index in [4.69, 9.17) is 9.40 Å². The molecule has 2 aromatic rings. The lowest BCUT2D eigenvalue weighted by atomic mass is 9.91. The first-order chi connectivity index (χ1) is 12.7. The Labute approximate surface area is 154 Å². The average Bonchev–Trinajstić information content (AvgIpc) is 3.25. The Balaban J connectivity index is 1.48. The van der Waals surface area contributed by atoms with Crippen LogP contribution in [0.2, 0.25) is 0 Å². The molecule has 2 aliphatic rings. The largest absolute Gasteiger partial charge is 0.441 e. The van der Waals surface area contributed by atoms with Crippen LogP contribution < -0.4 is 5.32 Å². The molecule has 138 valence electrons. The lowest BCUT2D eigenvalue weighted by molar-refractivity contribution is -0.123. The van der Waals surface area contributed by atoms with Crippen molar-refractivity contribution in [3.8, 4) is 11.5 Å². The van der Waals surface area contributed by atoms with Gasteiger partial charge in [0, 0.05) is 18.2 Å². The Morgan fingerprint density at radius 2 is 2.04 bits per heavy atom. The quantitative estimate of drug-likeness (QED) is 0.827. The van der Waals surface area contributed by atoms with Gasteiger partial charge in [0.05, 0.1) is 18.3 Å². The van der Waals surface area contributed by atoms with Crippen molar-refractivity contribution >= 4 is 5.78 Å². The monoisotopic (exact) mass is 353 g/mol. The number of carbonyl (C=O) groups is 1. The third kappa shape index (κ3) is 3.74. The number of carbonyl (C=O) groups excluding carboxylic acids is 1. The van der Waals surface area contributed by atoms with Crippen molar-refractivity contribution in [1.29, 1.82) is 0 Å². The van der Waals surface area contributed by atoms with E-state index < -0.39 is 0 Å². The Morgan fingerprint density at radius 3 is 2.69 bits per heavy atom. The predicted octanol–water partition coefficient (Wildman–Crippen LogP) is 3.33. The highest BCUT2D eigenvalue weighted by molar-refractivity contribution is 5.86. The molecular formula is C21H27N3O2. The van der Waals surface area contributed by atoms with Crippen LogP contribution in [0, 0.1) is 6.92 Å². The van der Waals surface area contributed by atoms with E-state index in [0.717, 1.165) is 36.4 Å². The number of benzene rings is 1. The second-order valence-corrected chi connectivity index (χ2v) is 7.49. The van der Waals surface area contributed by atoms with Crippen LogP contribution in [0.4, 0.5) is 0 Å². The molecule has 0 unspecified atom stereocenters. The summed E-state index contributed by atoms with van der Waals surface area (Å²) in [4.78, 5) is 19.7. The third-order valence-corrected chi connectivity index (χ3v) is 5.67. The Morgan fingerprint density at radius 1 is 1.23 bits per heavy atom. The summed E-state index contributed by atoms with van der Waals surface area (Å²) in [6.45, 7) is 4.12. The number of aryl methyl sites for hydroxylation is 1. The van der Waals surface area contributed by atoms with E-state index in [1.165, 1.54) is 19.3 Å². The minimum atomic E-state index is 0.0378. The fourth-order valence-corrected chi connectivity index (χ4v) is 3.81. The number of Topliss-reactive ketones (excluding diaryl/α,β-unsaturated/α-hetero) is 1. The number of hydrogen-bond donors (Lipinski definition) is 1. The van der Waals surface area contributed by atoms with Crippen LogP contribution in [-0.2, 0) is 11.3 Å². The van der Waals surface area contributed by atoms with E-state index >= 15 is 0 Å². The van der Waals surface area contributed by atoms with Gasteiger partial charge in [0.1, 0.15) is 5.76 Å². The molecule has 2 fully saturated rings. The fraction of sp³-hybridized carbons (Fsp3) is 0.524. The average molecular weight is 353 g/mol. The van der Waals surface area contributed by atoms with Crippen molar-refractivity contribution in [2.75, 3.05) is 13.1 Å². The summed E-state index contributed by atoms with van der Waals surface area (Å²) < 4.78 is 5.90. The van der Waals surface area contributed by atoms with Gasteiger partial charge in [0.25, 0.3) is 0 Å². The molecule has 1 aliphatic carbocycles. The van der Waals surface area contributed by atoms with Gasteiger partial charge >= 0.3 is 0 Å². The first-order valence-electron chi connectivity index (χ1n) is 9.72. The molecule has 26 heavy (non-hydrogen) atoms. The molecule has 0 bridgehead atoms. The summed E-state index contributed by atoms with van der Waals surface area (Å²) in [6, 6.07) is 10.5. The maximum atomic E-state index is 12.7. The molecule has 1 saturated heterocycles. The molecule has 1 N–H and O–H groups in total. The Kier molecular flexibility index (Phi) is 5.18. The van der Waals surface area contributed by atoms with Crippen molar-refractivity contribution in [3.63, 3.8) is 0 Å². The standard InChI is InChI=1S/C21H27N3O2/c1-15-19(23-21(26-15)16-7-3-2-4-8-16)13-24(17-9-5-10-17)14-20(25)18-11-6-12-22-18/h2-4,7-8,17-18,22H,5-6,9-14H2,1H3/t18-/m0/s1. The van der Waals surface area contributed by atoms with Gasteiger partial charge in [0.15, 0.2) is 5.78 Å². The molecule has 1 aromatic carbocycles. The van der Waals surface area contributed by atoms with E-state index in [9.17, 15) is 4.79 Å². The normalized spacial score (nSPS) is 20.5. The number of hydrogen-bond acceptors (Lipinski definition) is 5. The zero-order valence-corrected chi connectivity index (χ0v) is 15.4. The van der Waals surface area contributed by atoms with E-state index in [1.807, 2.05) is 37.3 Å². The summed E-state index contributed by atoms with van der Waals surface area (Å²) in [5.74, 6) is 1.83. The molecule has 0 amide bonds. The number of ketones is 1. The zero-order chi connectivity index (χ0) is 17.9. The molecule has 1 saturated carbocycles. The predicted molar refractivity (Wildman–Crippen MR) is 101 cm³/mol. The molecule has 5 nitrogen and oxygen atoms in total. The van der Waals surface area contributed by atoms with Crippen LogP contribution in [0.1, 0.15) is 43.6 Å². The van der Waals surface area contributed by atoms with Crippen LogP contribution in [0.25, 0.3) is 11.5 Å². The molecule has 4 rings (SSSR count). The summed E-state index contributed by atoms with van der Waals surface area (Å²) >= 11 is 0. The second kappa shape index (κ2) is 7.72. The summed E-state index contributed by atoms with van der Waals surface area (Å²) in [5.41, 5.74) is 1.94. The number of nitrogens with one attached hydrogen (secondary N) is 1. The van der Waals surface area contributed by atoms with Gasteiger partial charge in [-0.05, 0) is 51.3 Å². The number of aromatic nitrogens is 1. The van der Waals surface area contributed by atoms with Gasteiger partial charge in [-0.1, -0.05) is 24.6 Å². The first kappa shape index (κ1) is 17.4. The Bertz CT molecular complexity index is 746. The maximum Gasteiger partial charge on any atom is 0.226 e. The van der Waals surface area contributed by atoms with Crippen LogP contribution in [0.15, 0.2) is 34.7 Å². The van der Waals surface area contributed by atoms with Crippen LogP contribution in [-0.4, -0.2) is 40.8 Å². The molecule has 5 heteroatoms. The number of nitrogens with zero attached hydrogens (tertiary/aromatic N) is 2. The molecular weight excluding hydrogens is 326 g/mol. The van der Waals surface area contributed by atoms with E-state index in [2.05, 4.69) is 10.2 Å². The van der Waals surface area contributed by atoms with Gasteiger partial charge in [-0.3, -0.25) is 9.69 Å². The van der Waals surface area contributed by atoms with Crippen molar-refractivity contribution in [2.45, 2.75) is 57.7 Å². The third-order valence-electron chi connectivity index (χ3n) is 5.67. The number of rotatable bonds is 7. The van der Waals surface area contributed by atoms with Crippen molar-refractivity contribution < 1.29 is 9.21 Å². The van der Waals surface area contributed by atoms with Crippen molar-refractivity contribution in [2.24, 2.45) is 0 Å². The fourth-order valence-electron chi connectivity index (χ4n) is 3.81. The summed E-state index contributed by atoms with van der Waals surface area (Å²) in [6.07, 6.45) is 5.67. The Hall–Kier alpha value is -1.98. The highest BCUT2D eigenvalue weighted by atomic mass is 16.4. The van der Waals surface area contributed by atoms with Gasteiger partial charge in [-0.25, -0.2) is 4.98 Å². The van der Waals surface area contributed by atoms with Gasteiger partial charge in [-0.2, -0.15) is 0 Å². The van der Waals surface area contributed by atoms with Gasteiger partial charge in [0.2, 0.25) is 5.89 Å². The summed E-state index contributed by atoms with van der Waals surface area (Å²) in [5, 5.41) is 3.33. The van der Waals surface area contributed by atoms with Crippen molar-refractivity contribution in [3.05, 3.63) is 41.8 Å². The van der Waals surface area contributed by atoms with E-state index in [1.54, 1.807) is 0 Å². The second-order valence-electron chi connectivity index (χ2n) is 7.49. The lowest BCUT2D eigenvalue weighted by Crippen LogP contribution is -2.46.